The molecule has 0 saturated carbocycles. The lowest BCUT2D eigenvalue weighted by atomic mass is 10.1. The number of rotatable bonds is 4. The molecule has 0 N–H and O–H groups in total. The summed E-state index contributed by atoms with van der Waals surface area (Å²) in [6.45, 7) is 3.81. The Morgan fingerprint density at radius 2 is 2.06 bits per heavy atom. The van der Waals surface area contributed by atoms with E-state index in [2.05, 4.69) is 22.6 Å². The topological polar surface area (TPSA) is 35.5 Å². The van der Waals surface area contributed by atoms with Crippen LogP contribution in [0.15, 0.2) is 18.2 Å². The Hall–Kier alpha value is -0.490. The Kier molecular flexibility index (Phi) is 5.52. The smallest absolute Gasteiger partial charge is 0.347 e. The minimum absolute atomic E-state index is 0.0378. The molecule has 0 spiro atoms. The number of hydrogen-bond acceptors (Lipinski definition) is 3. The molecule has 0 aliphatic rings. The summed E-state index contributed by atoms with van der Waals surface area (Å²) in [7, 11) is 1.35. The van der Waals surface area contributed by atoms with Crippen molar-refractivity contribution < 1.29 is 14.3 Å². The molecule has 5 heteroatoms. The first-order valence-corrected chi connectivity index (χ1v) is 6.61. The predicted molar refractivity (Wildman–Crippen MR) is 75.4 cm³/mol. The quantitative estimate of drug-likeness (QED) is 0.602. The standard InChI is InChI=1S/C12H14ClIO3/c1-7(2)11(12(15)16-3)17-8-4-5-9(13)10(14)6-8/h4-7,11H,1-3H3. The van der Waals surface area contributed by atoms with Crippen molar-refractivity contribution in [1.29, 1.82) is 0 Å². The van der Waals surface area contributed by atoms with Crippen LogP contribution in [0.3, 0.4) is 0 Å². The van der Waals surface area contributed by atoms with E-state index < -0.39 is 6.10 Å². The van der Waals surface area contributed by atoms with Crippen molar-refractivity contribution >= 4 is 40.2 Å². The SMILES string of the molecule is COC(=O)C(Oc1ccc(Cl)c(I)c1)C(C)C. The van der Waals surface area contributed by atoms with Gasteiger partial charge >= 0.3 is 5.97 Å². The second kappa shape index (κ2) is 6.44. The summed E-state index contributed by atoms with van der Waals surface area (Å²) in [5, 5.41) is 0.664. The Balaban J connectivity index is 2.86. The summed E-state index contributed by atoms with van der Waals surface area (Å²) in [5.41, 5.74) is 0. The van der Waals surface area contributed by atoms with Crippen LogP contribution >= 0.6 is 34.2 Å². The summed E-state index contributed by atoms with van der Waals surface area (Å²) in [6.07, 6.45) is -0.600. The zero-order chi connectivity index (χ0) is 13.0. The zero-order valence-electron chi connectivity index (χ0n) is 9.87. The number of benzene rings is 1. The molecule has 0 heterocycles. The molecular formula is C12H14ClIO3. The van der Waals surface area contributed by atoms with Gasteiger partial charge in [-0.15, -0.1) is 0 Å². The molecule has 1 rings (SSSR count). The molecule has 0 aliphatic heterocycles. The normalized spacial score (nSPS) is 12.4. The van der Waals surface area contributed by atoms with Crippen LogP contribution < -0.4 is 4.74 Å². The number of ether oxygens (including phenoxy) is 2. The van der Waals surface area contributed by atoms with Crippen molar-refractivity contribution in [2.45, 2.75) is 20.0 Å². The van der Waals surface area contributed by atoms with Gasteiger partial charge in [0.1, 0.15) is 5.75 Å². The maximum atomic E-state index is 11.5. The molecule has 1 atom stereocenters. The molecule has 1 unspecified atom stereocenters. The largest absolute Gasteiger partial charge is 0.478 e. The highest BCUT2D eigenvalue weighted by molar-refractivity contribution is 14.1. The number of esters is 1. The van der Waals surface area contributed by atoms with E-state index in [1.165, 1.54) is 7.11 Å². The minimum atomic E-state index is -0.600. The Morgan fingerprint density at radius 1 is 1.41 bits per heavy atom. The van der Waals surface area contributed by atoms with E-state index in [0.29, 0.717) is 10.8 Å². The van der Waals surface area contributed by atoms with Gasteiger partial charge in [0.15, 0.2) is 6.10 Å². The number of halogens is 2. The van der Waals surface area contributed by atoms with Crippen molar-refractivity contribution in [3.05, 3.63) is 26.8 Å². The summed E-state index contributed by atoms with van der Waals surface area (Å²) < 4.78 is 11.2. The molecule has 0 aliphatic carbocycles. The van der Waals surface area contributed by atoms with Crippen molar-refractivity contribution in [3.63, 3.8) is 0 Å². The van der Waals surface area contributed by atoms with Gasteiger partial charge in [0, 0.05) is 9.49 Å². The molecule has 3 nitrogen and oxygen atoms in total. The van der Waals surface area contributed by atoms with Crippen LogP contribution in [0.4, 0.5) is 0 Å². The fourth-order valence-electron chi connectivity index (χ4n) is 1.27. The lowest BCUT2D eigenvalue weighted by Crippen LogP contribution is -2.33. The summed E-state index contributed by atoms with van der Waals surface area (Å²) in [5.74, 6) is 0.281. The highest BCUT2D eigenvalue weighted by Crippen LogP contribution is 2.25. The van der Waals surface area contributed by atoms with Crippen LogP contribution in [0.2, 0.25) is 5.02 Å². The third-order valence-corrected chi connectivity index (χ3v) is 3.73. The van der Waals surface area contributed by atoms with Crippen LogP contribution in [0.25, 0.3) is 0 Å². The molecule has 1 aromatic rings. The van der Waals surface area contributed by atoms with Gasteiger partial charge in [-0.3, -0.25) is 0 Å². The molecule has 0 fully saturated rings. The lowest BCUT2D eigenvalue weighted by molar-refractivity contribution is -0.150. The van der Waals surface area contributed by atoms with E-state index in [9.17, 15) is 4.79 Å². The van der Waals surface area contributed by atoms with Gasteiger partial charge in [-0.25, -0.2) is 4.79 Å². The van der Waals surface area contributed by atoms with Crippen molar-refractivity contribution in [2.24, 2.45) is 5.92 Å². The molecule has 0 saturated heterocycles. The van der Waals surface area contributed by atoms with E-state index in [1.54, 1.807) is 18.2 Å². The van der Waals surface area contributed by atoms with Crippen LogP contribution in [0.1, 0.15) is 13.8 Å². The molecule has 17 heavy (non-hydrogen) atoms. The first-order valence-electron chi connectivity index (χ1n) is 5.15. The van der Waals surface area contributed by atoms with Crippen molar-refractivity contribution in [2.75, 3.05) is 7.11 Å². The van der Waals surface area contributed by atoms with Crippen LogP contribution in [-0.2, 0) is 9.53 Å². The average Bonchev–Trinajstić information content (AvgIpc) is 2.29. The highest BCUT2D eigenvalue weighted by Gasteiger charge is 2.25. The number of carbonyl (C=O) groups is 1. The van der Waals surface area contributed by atoms with Crippen molar-refractivity contribution in [3.8, 4) is 5.75 Å². The average molecular weight is 369 g/mol. The van der Waals surface area contributed by atoms with Gasteiger partial charge in [-0.1, -0.05) is 25.4 Å². The van der Waals surface area contributed by atoms with Gasteiger partial charge in [0.05, 0.1) is 12.1 Å². The molecule has 94 valence electrons. The third-order valence-electron chi connectivity index (χ3n) is 2.19. The van der Waals surface area contributed by atoms with E-state index in [4.69, 9.17) is 21.1 Å². The molecule has 0 aromatic heterocycles. The Morgan fingerprint density at radius 3 is 2.53 bits per heavy atom. The number of hydrogen-bond donors (Lipinski definition) is 0. The number of carbonyl (C=O) groups excluding carboxylic acids is 1. The Labute approximate surface area is 120 Å². The first kappa shape index (κ1) is 14.6. The summed E-state index contributed by atoms with van der Waals surface area (Å²) >= 11 is 8.03. The highest BCUT2D eigenvalue weighted by atomic mass is 127. The maximum Gasteiger partial charge on any atom is 0.347 e. The Bertz CT molecular complexity index is 407. The molecular weight excluding hydrogens is 354 g/mol. The van der Waals surface area contributed by atoms with Crippen LogP contribution in [-0.4, -0.2) is 19.2 Å². The van der Waals surface area contributed by atoms with Gasteiger partial charge in [-0.2, -0.15) is 0 Å². The minimum Gasteiger partial charge on any atom is -0.478 e. The maximum absolute atomic E-state index is 11.5. The monoisotopic (exact) mass is 368 g/mol. The molecule has 1 aromatic carbocycles. The zero-order valence-corrected chi connectivity index (χ0v) is 12.8. The van der Waals surface area contributed by atoms with E-state index in [0.717, 1.165) is 3.57 Å². The van der Waals surface area contributed by atoms with Gasteiger partial charge < -0.3 is 9.47 Å². The number of methoxy groups -OCH3 is 1. The molecule has 0 bridgehead atoms. The van der Waals surface area contributed by atoms with Crippen molar-refractivity contribution in [1.82, 2.24) is 0 Å². The van der Waals surface area contributed by atoms with E-state index in [-0.39, 0.29) is 11.9 Å². The molecule has 0 radical (unpaired) electrons. The van der Waals surface area contributed by atoms with Gasteiger partial charge in [0.2, 0.25) is 0 Å². The second-order valence-corrected chi connectivity index (χ2v) is 5.45. The first-order chi connectivity index (χ1) is 7.95. The fraction of sp³-hybridized carbons (Fsp3) is 0.417. The van der Waals surface area contributed by atoms with E-state index in [1.807, 2.05) is 13.8 Å². The fourth-order valence-corrected chi connectivity index (χ4v) is 1.87. The second-order valence-electron chi connectivity index (χ2n) is 3.88. The third kappa shape index (κ3) is 4.03. The van der Waals surface area contributed by atoms with Gasteiger partial charge in [0.25, 0.3) is 0 Å². The summed E-state index contributed by atoms with van der Waals surface area (Å²) in [4.78, 5) is 11.5. The summed E-state index contributed by atoms with van der Waals surface area (Å²) in [6, 6.07) is 5.28. The predicted octanol–water partition coefficient (Wildman–Crippen LogP) is 3.52. The lowest BCUT2D eigenvalue weighted by Gasteiger charge is -2.20. The van der Waals surface area contributed by atoms with Crippen LogP contribution in [0.5, 0.6) is 5.75 Å². The van der Waals surface area contributed by atoms with Gasteiger partial charge in [-0.05, 0) is 40.8 Å². The molecule has 0 amide bonds. The van der Waals surface area contributed by atoms with E-state index >= 15 is 0 Å². The van der Waals surface area contributed by atoms with Crippen LogP contribution in [0, 0.1) is 9.49 Å².